The van der Waals surface area contributed by atoms with Gasteiger partial charge in [0.15, 0.2) is 5.82 Å². The van der Waals surface area contributed by atoms with Crippen LogP contribution in [0.1, 0.15) is 21.7 Å². The molecule has 1 aromatic carbocycles. The van der Waals surface area contributed by atoms with E-state index in [0.29, 0.717) is 5.82 Å². The van der Waals surface area contributed by atoms with Gasteiger partial charge in [-0.2, -0.15) is 9.78 Å². The maximum atomic E-state index is 4.41. The number of hydrogen-bond acceptors (Lipinski definition) is 6. The molecular formula is C17H13N7S. The predicted molar refractivity (Wildman–Crippen MR) is 93.4 cm³/mol. The van der Waals surface area contributed by atoms with E-state index in [1.165, 1.54) is 10.4 Å². The maximum Gasteiger partial charge on any atom is 0.185 e. The van der Waals surface area contributed by atoms with Crippen molar-refractivity contribution in [2.45, 2.75) is 11.8 Å². The summed E-state index contributed by atoms with van der Waals surface area (Å²) in [5.41, 5.74) is 4.94. The van der Waals surface area contributed by atoms with E-state index in [-0.39, 0.29) is 5.41 Å². The first-order valence-corrected chi connectivity index (χ1v) is 8.69. The van der Waals surface area contributed by atoms with Crippen molar-refractivity contribution in [2.24, 2.45) is 0 Å². The Bertz CT molecular complexity index is 1020. The Morgan fingerprint density at radius 3 is 2.88 bits per heavy atom. The molecule has 0 fully saturated rings. The molecule has 25 heavy (non-hydrogen) atoms. The lowest BCUT2D eigenvalue weighted by molar-refractivity contribution is 0.631. The molecule has 0 radical (unpaired) electrons. The molecule has 1 aliphatic rings. The highest BCUT2D eigenvalue weighted by Gasteiger charge is 2.37. The molecular weight excluding hydrogens is 334 g/mol. The van der Waals surface area contributed by atoms with E-state index in [1.54, 1.807) is 22.3 Å². The van der Waals surface area contributed by atoms with E-state index < -0.39 is 0 Å². The Morgan fingerprint density at radius 1 is 1.20 bits per heavy atom. The van der Waals surface area contributed by atoms with Crippen molar-refractivity contribution in [3.8, 4) is 5.82 Å². The first-order valence-electron chi connectivity index (χ1n) is 7.81. The van der Waals surface area contributed by atoms with Crippen LogP contribution in [0.25, 0.3) is 11.9 Å². The average molecular weight is 347 g/mol. The SMILES string of the molecule is C1=CC(c2ccccc2)(c2cncs2)Cc2[nH]nc(-n3cnnn3)c21. The summed E-state index contributed by atoms with van der Waals surface area (Å²) in [7, 11) is 0. The normalized spacial score (nSPS) is 19.0. The lowest BCUT2D eigenvalue weighted by Crippen LogP contribution is -2.29. The van der Waals surface area contributed by atoms with E-state index in [9.17, 15) is 0 Å². The molecule has 1 unspecified atom stereocenters. The molecule has 0 saturated heterocycles. The molecule has 122 valence electrons. The van der Waals surface area contributed by atoms with Gasteiger partial charge in [0.05, 0.1) is 10.9 Å². The van der Waals surface area contributed by atoms with Gasteiger partial charge in [-0.15, -0.1) is 16.4 Å². The second kappa shape index (κ2) is 5.45. The second-order valence-corrected chi connectivity index (χ2v) is 6.79. The van der Waals surface area contributed by atoms with Crippen LogP contribution in [0.15, 0.2) is 54.4 Å². The number of hydrogen-bond donors (Lipinski definition) is 1. The zero-order valence-corrected chi connectivity index (χ0v) is 13.9. The van der Waals surface area contributed by atoms with Crippen molar-refractivity contribution in [1.29, 1.82) is 0 Å². The van der Waals surface area contributed by atoms with E-state index in [4.69, 9.17) is 0 Å². The standard InChI is InChI=1S/C17H13N7S/c1-2-4-12(5-3-1)17(15-9-18-11-25-15)7-6-13-14(8-17)20-21-16(13)24-10-19-22-23-24/h1-7,9-11H,8H2,(H,20,21). The number of fused-ring (bicyclic) bond motifs is 1. The summed E-state index contributed by atoms with van der Waals surface area (Å²) < 4.78 is 1.57. The molecule has 1 atom stereocenters. The summed E-state index contributed by atoms with van der Waals surface area (Å²) in [6.45, 7) is 0. The van der Waals surface area contributed by atoms with Gasteiger partial charge in [0.25, 0.3) is 0 Å². The van der Waals surface area contributed by atoms with Crippen LogP contribution >= 0.6 is 11.3 Å². The molecule has 3 heterocycles. The number of nitrogens with zero attached hydrogens (tertiary/aromatic N) is 6. The van der Waals surface area contributed by atoms with Gasteiger partial charge in [-0.1, -0.05) is 42.5 Å². The van der Waals surface area contributed by atoms with Crippen LogP contribution in [0, 0.1) is 0 Å². The van der Waals surface area contributed by atoms with Crippen LogP contribution in [0.3, 0.4) is 0 Å². The lowest BCUT2D eigenvalue weighted by atomic mass is 9.72. The quantitative estimate of drug-likeness (QED) is 0.615. The number of thiazole rings is 1. The second-order valence-electron chi connectivity index (χ2n) is 5.91. The molecule has 0 aliphatic heterocycles. The number of benzene rings is 1. The molecule has 1 N–H and O–H groups in total. The minimum absolute atomic E-state index is 0.250. The van der Waals surface area contributed by atoms with Crippen molar-refractivity contribution in [3.05, 3.63) is 76.1 Å². The first kappa shape index (κ1) is 14.2. The molecule has 1 aliphatic carbocycles. The van der Waals surface area contributed by atoms with Crippen molar-refractivity contribution < 1.29 is 0 Å². The molecule has 8 heteroatoms. The van der Waals surface area contributed by atoms with Gasteiger partial charge in [-0.05, 0) is 16.0 Å². The number of tetrazole rings is 1. The van der Waals surface area contributed by atoms with Crippen LogP contribution in [0.2, 0.25) is 0 Å². The van der Waals surface area contributed by atoms with Gasteiger partial charge >= 0.3 is 0 Å². The highest BCUT2D eigenvalue weighted by atomic mass is 32.1. The minimum atomic E-state index is -0.250. The van der Waals surface area contributed by atoms with Crippen LogP contribution < -0.4 is 0 Å². The monoisotopic (exact) mass is 347 g/mol. The number of aromatic nitrogens is 7. The first-order chi connectivity index (χ1) is 12.4. The Morgan fingerprint density at radius 2 is 2.12 bits per heavy atom. The van der Waals surface area contributed by atoms with Crippen LogP contribution in [0.5, 0.6) is 0 Å². The van der Waals surface area contributed by atoms with E-state index in [2.05, 4.69) is 67.1 Å². The van der Waals surface area contributed by atoms with Crippen LogP contribution in [0.4, 0.5) is 0 Å². The summed E-state index contributed by atoms with van der Waals surface area (Å²) >= 11 is 1.67. The molecule has 5 rings (SSSR count). The number of rotatable bonds is 3. The summed E-state index contributed by atoms with van der Waals surface area (Å²) in [6, 6.07) is 10.5. The summed E-state index contributed by atoms with van der Waals surface area (Å²) in [6.07, 6.45) is 8.62. The zero-order chi connectivity index (χ0) is 16.7. The highest BCUT2D eigenvalue weighted by molar-refractivity contribution is 7.09. The fourth-order valence-corrected chi connectivity index (χ4v) is 4.19. The maximum absolute atomic E-state index is 4.41. The predicted octanol–water partition coefficient (Wildman–Crippen LogP) is 2.40. The van der Waals surface area contributed by atoms with Gasteiger partial charge in [0, 0.05) is 28.8 Å². The number of nitrogens with one attached hydrogen (secondary N) is 1. The third-order valence-electron chi connectivity index (χ3n) is 4.58. The van der Waals surface area contributed by atoms with Crippen molar-refractivity contribution in [1.82, 2.24) is 35.4 Å². The van der Waals surface area contributed by atoms with E-state index >= 15 is 0 Å². The number of allylic oxidation sites excluding steroid dienone is 1. The minimum Gasteiger partial charge on any atom is -0.280 e. The molecule has 0 amide bonds. The third-order valence-corrected chi connectivity index (χ3v) is 5.53. The Balaban J connectivity index is 1.66. The van der Waals surface area contributed by atoms with Crippen LogP contribution in [-0.4, -0.2) is 35.4 Å². The van der Waals surface area contributed by atoms with E-state index in [0.717, 1.165) is 17.7 Å². The summed E-state index contributed by atoms with van der Waals surface area (Å²) in [5, 5.41) is 18.9. The summed E-state index contributed by atoms with van der Waals surface area (Å²) in [5.74, 6) is 0.710. The van der Waals surface area contributed by atoms with Gasteiger partial charge in [-0.25, -0.2) is 0 Å². The fraction of sp³-hybridized carbons (Fsp3) is 0.118. The zero-order valence-electron chi connectivity index (χ0n) is 13.1. The third kappa shape index (κ3) is 2.14. The van der Waals surface area contributed by atoms with Gasteiger partial charge in [0.2, 0.25) is 0 Å². The molecule has 0 saturated carbocycles. The Labute approximate surface area is 147 Å². The van der Waals surface area contributed by atoms with Gasteiger partial charge in [-0.3, -0.25) is 10.1 Å². The largest absolute Gasteiger partial charge is 0.280 e. The highest BCUT2D eigenvalue weighted by Crippen LogP contribution is 2.43. The average Bonchev–Trinajstić information content (AvgIpc) is 3.42. The molecule has 4 aromatic rings. The van der Waals surface area contributed by atoms with Crippen molar-refractivity contribution in [2.75, 3.05) is 0 Å². The van der Waals surface area contributed by atoms with Crippen molar-refractivity contribution >= 4 is 17.4 Å². The lowest BCUT2D eigenvalue weighted by Gasteiger charge is -2.32. The Hall–Kier alpha value is -3.13. The van der Waals surface area contributed by atoms with Crippen molar-refractivity contribution in [3.63, 3.8) is 0 Å². The fourth-order valence-electron chi connectivity index (χ4n) is 3.36. The molecule has 0 bridgehead atoms. The molecule has 7 nitrogen and oxygen atoms in total. The number of H-pyrrole nitrogens is 1. The molecule has 3 aromatic heterocycles. The Kier molecular flexibility index (Phi) is 3.10. The van der Waals surface area contributed by atoms with E-state index in [1.807, 2.05) is 17.8 Å². The summed E-state index contributed by atoms with van der Waals surface area (Å²) in [4.78, 5) is 5.51. The smallest absolute Gasteiger partial charge is 0.185 e. The molecule has 0 spiro atoms. The van der Waals surface area contributed by atoms with Crippen LogP contribution in [-0.2, 0) is 11.8 Å². The topological polar surface area (TPSA) is 85.2 Å². The van der Waals surface area contributed by atoms with Gasteiger partial charge in [0.1, 0.15) is 6.33 Å². The van der Waals surface area contributed by atoms with Gasteiger partial charge < -0.3 is 0 Å². The number of aromatic amines is 1.